The lowest BCUT2D eigenvalue weighted by Crippen LogP contribution is -2.18. The molecule has 1 N–H and O–H groups in total. The molecule has 0 saturated carbocycles. The SMILES string of the molecule is OCN1C=CN=NC1. The minimum Gasteiger partial charge on any atom is -0.376 e. The second-order valence-electron chi connectivity index (χ2n) is 1.43. The maximum Gasteiger partial charge on any atom is 0.133 e. The van der Waals surface area contributed by atoms with Gasteiger partial charge in [-0.25, -0.2) is 0 Å². The normalized spacial score (nSPS) is 17.4. The van der Waals surface area contributed by atoms with Crippen LogP contribution in [0.15, 0.2) is 22.6 Å². The summed E-state index contributed by atoms with van der Waals surface area (Å²) in [6.45, 7) is 0.475. The van der Waals surface area contributed by atoms with Crippen molar-refractivity contribution in [1.29, 1.82) is 0 Å². The Bertz CT molecular complexity index is 120. The minimum atomic E-state index is 0.00944. The molecule has 1 aliphatic heterocycles. The molecule has 0 radical (unpaired) electrons. The summed E-state index contributed by atoms with van der Waals surface area (Å²) < 4.78 is 0. The van der Waals surface area contributed by atoms with Crippen molar-refractivity contribution in [2.75, 3.05) is 13.4 Å². The number of nitrogens with zero attached hydrogens (tertiary/aromatic N) is 3. The van der Waals surface area contributed by atoms with Gasteiger partial charge in [-0.1, -0.05) is 0 Å². The molecule has 1 heterocycles. The molecule has 8 heavy (non-hydrogen) atoms. The van der Waals surface area contributed by atoms with Crippen molar-refractivity contribution in [3.8, 4) is 0 Å². The third kappa shape index (κ3) is 1.04. The largest absolute Gasteiger partial charge is 0.376 e. The molecular weight excluding hydrogens is 106 g/mol. The van der Waals surface area contributed by atoms with E-state index < -0.39 is 0 Å². The van der Waals surface area contributed by atoms with Gasteiger partial charge in [0.2, 0.25) is 0 Å². The van der Waals surface area contributed by atoms with Gasteiger partial charge in [-0.2, -0.15) is 10.2 Å². The Labute approximate surface area is 47.1 Å². The molecule has 0 amide bonds. The third-order valence-corrected chi connectivity index (χ3v) is 0.852. The van der Waals surface area contributed by atoms with Crippen molar-refractivity contribution in [3.05, 3.63) is 12.4 Å². The monoisotopic (exact) mass is 113 g/mol. The van der Waals surface area contributed by atoms with Crippen LogP contribution in [0.25, 0.3) is 0 Å². The highest BCUT2D eigenvalue weighted by atomic mass is 16.3. The zero-order chi connectivity index (χ0) is 5.82. The van der Waals surface area contributed by atoms with E-state index in [-0.39, 0.29) is 6.73 Å². The summed E-state index contributed by atoms with van der Waals surface area (Å²) in [7, 11) is 0. The lowest BCUT2D eigenvalue weighted by molar-refractivity contribution is 0.150. The van der Waals surface area contributed by atoms with Crippen LogP contribution in [0.2, 0.25) is 0 Å². The smallest absolute Gasteiger partial charge is 0.133 e. The standard InChI is InChI=1S/C4H7N3O/c8-4-7-2-1-5-6-3-7/h1-2,8H,3-4H2. The molecule has 4 nitrogen and oxygen atoms in total. The van der Waals surface area contributed by atoms with Crippen molar-refractivity contribution < 1.29 is 5.11 Å². The van der Waals surface area contributed by atoms with Gasteiger partial charge in [0.15, 0.2) is 0 Å². The van der Waals surface area contributed by atoms with E-state index >= 15 is 0 Å². The first-order valence-corrected chi connectivity index (χ1v) is 2.31. The van der Waals surface area contributed by atoms with Crippen molar-refractivity contribution in [2.24, 2.45) is 10.2 Å². The molecule has 1 rings (SSSR count). The molecule has 0 aromatic rings. The minimum absolute atomic E-state index is 0.00944. The summed E-state index contributed by atoms with van der Waals surface area (Å²) in [5.41, 5.74) is 0. The van der Waals surface area contributed by atoms with E-state index in [2.05, 4.69) is 10.2 Å². The molecule has 44 valence electrons. The van der Waals surface area contributed by atoms with Crippen LogP contribution in [0.1, 0.15) is 0 Å². The van der Waals surface area contributed by atoms with Crippen LogP contribution in [0, 0.1) is 0 Å². The van der Waals surface area contributed by atoms with Gasteiger partial charge >= 0.3 is 0 Å². The summed E-state index contributed by atoms with van der Waals surface area (Å²) >= 11 is 0. The van der Waals surface area contributed by atoms with E-state index in [0.29, 0.717) is 6.67 Å². The average Bonchev–Trinajstić information content (AvgIpc) is 1.90. The highest BCUT2D eigenvalue weighted by Gasteiger charge is 1.94. The Balaban J connectivity index is 2.40. The molecule has 0 bridgehead atoms. The van der Waals surface area contributed by atoms with Gasteiger partial charge in [0.05, 0.1) is 6.20 Å². The highest BCUT2D eigenvalue weighted by Crippen LogP contribution is 1.95. The number of azo groups is 1. The summed E-state index contributed by atoms with van der Waals surface area (Å²) in [6, 6.07) is 0. The van der Waals surface area contributed by atoms with E-state index in [1.807, 2.05) is 0 Å². The van der Waals surface area contributed by atoms with Gasteiger partial charge in [-0.05, 0) is 0 Å². The van der Waals surface area contributed by atoms with Gasteiger partial charge in [0, 0.05) is 6.20 Å². The molecular formula is C4H7N3O. The van der Waals surface area contributed by atoms with Crippen LogP contribution in [-0.2, 0) is 0 Å². The summed E-state index contributed by atoms with van der Waals surface area (Å²) in [6.07, 6.45) is 3.23. The highest BCUT2D eigenvalue weighted by molar-refractivity contribution is 4.80. The Kier molecular flexibility index (Phi) is 1.58. The number of rotatable bonds is 1. The topological polar surface area (TPSA) is 48.2 Å². The fourth-order valence-electron chi connectivity index (χ4n) is 0.428. The first-order valence-electron chi connectivity index (χ1n) is 2.31. The van der Waals surface area contributed by atoms with Crippen molar-refractivity contribution in [3.63, 3.8) is 0 Å². The molecule has 0 unspecified atom stereocenters. The fraction of sp³-hybridized carbons (Fsp3) is 0.500. The fourth-order valence-corrected chi connectivity index (χ4v) is 0.428. The van der Waals surface area contributed by atoms with E-state index in [1.165, 1.54) is 0 Å². The summed E-state index contributed by atoms with van der Waals surface area (Å²) in [4.78, 5) is 1.63. The number of hydrogen-bond acceptors (Lipinski definition) is 4. The molecule has 0 aliphatic carbocycles. The van der Waals surface area contributed by atoms with Crippen molar-refractivity contribution in [1.82, 2.24) is 4.90 Å². The zero-order valence-corrected chi connectivity index (χ0v) is 4.36. The number of aliphatic hydroxyl groups is 1. The van der Waals surface area contributed by atoms with E-state index in [1.54, 1.807) is 17.3 Å². The Morgan fingerprint density at radius 2 is 2.62 bits per heavy atom. The maximum atomic E-state index is 8.46. The van der Waals surface area contributed by atoms with Crippen LogP contribution in [0.4, 0.5) is 0 Å². The Morgan fingerprint density at radius 3 is 3.00 bits per heavy atom. The van der Waals surface area contributed by atoms with Gasteiger partial charge < -0.3 is 10.0 Å². The molecule has 0 aromatic carbocycles. The molecule has 0 aromatic heterocycles. The van der Waals surface area contributed by atoms with Gasteiger partial charge in [0.25, 0.3) is 0 Å². The van der Waals surface area contributed by atoms with E-state index in [0.717, 1.165) is 0 Å². The van der Waals surface area contributed by atoms with E-state index in [9.17, 15) is 0 Å². The lowest BCUT2D eigenvalue weighted by Gasteiger charge is -2.13. The quantitative estimate of drug-likeness (QED) is 0.525. The van der Waals surface area contributed by atoms with Crippen LogP contribution in [-0.4, -0.2) is 23.4 Å². The van der Waals surface area contributed by atoms with Crippen molar-refractivity contribution in [2.45, 2.75) is 0 Å². The first kappa shape index (κ1) is 5.24. The Morgan fingerprint density at radius 1 is 1.75 bits per heavy atom. The molecule has 4 heteroatoms. The van der Waals surface area contributed by atoms with Crippen LogP contribution in [0.3, 0.4) is 0 Å². The van der Waals surface area contributed by atoms with Crippen LogP contribution >= 0.6 is 0 Å². The Hall–Kier alpha value is -0.900. The number of hydrogen-bond donors (Lipinski definition) is 1. The second-order valence-corrected chi connectivity index (χ2v) is 1.43. The third-order valence-electron chi connectivity index (χ3n) is 0.852. The first-order chi connectivity index (χ1) is 3.93. The molecule has 0 atom stereocenters. The number of aliphatic hydroxyl groups excluding tert-OH is 1. The average molecular weight is 113 g/mol. The summed E-state index contributed by atoms with van der Waals surface area (Å²) in [5, 5.41) is 15.7. The molecule has 0 spiro atoms. The zero-order valence-electron chi connectivity index (χ0n) is 4.36. The van der Waals surface area contributed by atoms with Crippen molar-refractivity contribution >= 4 is 0 Å². The van der Waals surface area contributed by atoms with Gasteiger partial charge in [-0.15, -0.1) is 0 Å². The van der Waals surface area contributed by atoms with Crippen LogP contribution in [0.5, 0.6) is 0 Å². The predicted molar refractivity (Wildman–Crippen MR) is 27.8 cm³/mol. The lowest BCUT2D eigenvalue weighted by atomic mass is 10.7. The molecule has 0 fully saturated rings. The second kappa shape index (κ2) is 2.42. The predicted octanol–water partition coefficient (Wildman–Crippen LogP) is 0.133. The van der Waals surface area contributed by atoms with Gasteiger partial charge in [0.1, 0.15) is 13.4 Å². The van der Waals surface area contributed by atoms with E-state index in [4.69, 9.17) is 5.11 Å². The van der Waals surface area contributed by atoms with Crippen LogP contribution < -0.4 is 0 Å². The maximum absolute atomic E-state index is 8.46. The molecule has 1 aliphatic rings. The van der Waals surface area contributed by atoms with Gasteiger partial charge in [-0.3, -0.25) is 0 Å². The summed E-state index contributed by atoms with van der Waals surface area (Å²) in [5.74, 6) is 0. The molecule has 0 saturated heterocycles.